The summed E-state index contributed by atoms with van der Waals surface area (Å²) in [5, 5.41) is 0. The molecule has 0 aliphatic carbocycles. The second-order valence-corrected chi connectivity index (χ2v) is 21.3. The van der Waals surface area contributed by atoms with Crippen LogP contribution in [0.4, 0.5) is 0 Å². The lowest BCUT2D eigenvalue weighted by atomic mass is 10.1. The van der Waals surface area contributed by atoms with Crippen LogP contribution in [0.15, 0.2) is 158 Å². The second kappa shape index (κ2) is 67.5. The van der Waals surface area contributed by atoms with Crippen molar-refractivity contribution >= 4 is 17.9 Å². The molecule has 0 amide bonds. The van der Waals surface area contributed by atoms with Gasteiger partial charge in [0.15, 0.2) is 6.10 Å². The Kier molecular flexibility index (Phi) is 63.4. The van der Waals surface area contributed by atoms with E-state index in [-0.39, 0.29) is 31.1 Å². The summed E-state index contributed by atoms with van der Waals surface area (Å²) >= 11 is 0. The molecule has 0 saturated heterocycles. The molecule has 0 aliphatic rings. The third kappa shape index (κ3) is 65.7. The van der Waals surface area contributed by atoms with Gasteiger partial charge in [-0.1, -0.05) is 269 Å². The predicted molar refractivity (Wildman–Crippen MR) is 352 cm³/mol. The average molecular weight is 1120 g/mol. The van der Waals surface area contributed by atoms with Crippen molar-refractivity contribution in [3.63, 3.8) is 0 Å². The highest BCUT2D eigenvalue weighted by Crippen LogP contribution is 2.14. The van der Waals surface area contributed by atoms with E-state index in [0.717, 1.165) is 148 Å². The van der Waals surface area contributed by atoms with Gasteiger partial charge in [0.1, 0.15) is 13.2 Å². The quantitative estimate of drug-likeness (QED) is 0.0261. The van der Waals surface area contributed by atoms with Crippen LogP contribution < -0.4 is 0 Å². The van der Waals surface area contributed by atoms with Gasteiger partial charge in [-0.2, -0.15) is 0 Å². The fourth-order valence-electron chi connectivity index (χ4n) is 8.62. The van der Waals surface area contributed by atoms with Crippen molar-refractivity contribution in [2.75, 3.05) is 13.2 Å². The highest BCUT2D eigenvalue weighted by atomic mass is 16.6. The molecule has 456 valence electrons. The predicted octanol–water partition coefficient (Wildman–Crippen LogP) is 22.9. The first-order chi connectivity index (χ1) is 40.0. The summed E-state index contributed by atoms with van der Waals surface area (Å²) in [6, 6.07) is 0. The van der Waals surface area contributed by atoms with E-state index < -0.39 is 6.10 Å². The van der Waals surface area contributed by atoms with Gasteiger partial charge < -0.3 is 14.2 Å². The van der Waals surface area contributed by atoms with E-state index in [1.165, 1.54) is 83.5 Å². The molecule has 0 fully saturated rings. The fourth-order valence-corrected chi connectivity index (χ4v) is 8.62. The van der Waals surface area contributed by atoms with Crippen LogP contribution in [0.1, 0.15) is 278 Å². The minimum absolute atomic E-state index is 0.109. The van der Waals surface area contributed by atoms with E-state index in [0.29, 0.717) is 25.7 Å². The van der Waals surface area contributed by atoms with E-state index in [2.05, 4.69) is 179 Å². The number of esters is 3. The van der Waals surface area contributed by atoms with Crippen molar-refractivity contribution in [1.29, 1.82) is 0 Å². The molecule has 0 aromatic heterocycles. The zero-order chi connectivity index (χ0) is 58.5. The zero-order valence-corrected chi connectivity index (χ0v) is 52.2. The first kappa shape index (κ1) is 76.0. The topological polar surface area (TPSA) is 78.9 Å². The Labute approximate surface area is 499 Å². The standard InChI is InChI=1S/C75H120O6/c1-4-7-10-13-16-19-22-25-28-30-32-34-36-37-39-40-42-44-47-50-53-56-59-62-65-68-74(77)80-71-72(70-79-73(76)67-64-61-58-55-52-49-46-27-24-21-18-15-12-9-6-3)81-75(78)69-66-63-60-57-54-51-48-45-43-41-38-35-33-31-29-26-23-20-17-14-11-8-5-2/h7,9-10,12,16,18-19,21,23,25-28,31-34,37-39,41-42,44,46,52,55,72H,4-6,8,11,13-15,17,20,22,24,29-30,35-36,40,43,45,47-51,53-54,56-71H2,1-3H3/b10-7-,12-9-,19-16-,21-18-,26-23-,28-25-,33-31-,34-32-,39-37-,41-38-,44-42-,46-27-,55-52-. The molecule has 0 radical (unpaired) electrons. The highest BCUT2D eigenvalue weighted by molar-refractivity contribution is 5.71. The van der Waals surface area contributed by atoms with Gasteiger partial charge in [-0.15, -0.1) is 0 Å². The third-order valence-electron chi connectivity index (χ3n) is 13.5. The zero-order valence-electron chi connectivity index (χ0n) is 52.2. The lowest BCUT2D eigenvalue weighted by Gasteiger charge is -2.18. The van der Waals surface area contributed by atoms with Gasteiger partial charge in [-0.05, 0) is 148 Å². The lowest BCUT2D eigenvalue weighted by molar-refractivity contribution is -0.167. The SMILES string of the molecule is CC/C=C\C/C=C\C/C=C\C/C=C\C/C=C\C/C=C\CCCCCCCCC(=O)OCC(COC(=O)CCCC/C=C\C/C=C\C/C=C\C/C=C\CC)OC(=O)CCCCCCCCCC/C=C\C/C=C\C/C=C\CCCCCCC. The molecule has 6 nitrogen and oxygen atoms in total. The van der Waals surface area contributed by atoms with E-state index in [9.17, 15) is 14.4 Å². The first-order valence-corrected chi connectivity index (χ1v) is 33.0. The smallest absolute Gasteiger partial charge is 0.306 e. The molecule has 0 heterocycles. The van der Waals surface area contributed by atoms with Crippen LogP contribution in [-0.4, -0.2) is 37.2 Å². The van der Waals surface area contributed by atoms with E-state index in [1.807, 2.05) is 0 Å². The molecule has 0 bridgehead atoms. The number of rotatable bonds is 58. The fraction of sp³-hybridized carbons (Fsp3) is 0.613. The Morgan fingerprint density at radius 1 is 0.259 bits per heavy atom. The number of hydrogen-bond acceptors (Lipinski definition) is 6. The molecule has 0 aromatic rings. The van der Waals surface area contributed by atoms with E-state index in [1.54, 1.807) is 0 Å². The second-order valence-electron chi connectivity index (χ2n) is 21.3. The number of allylic oxidation sites excluding steroid dienone is 26. The molecule has 0 rings (SSSR count). The lowest BCUT2D eigenvalue weighted by Crippen LogP contribution is -2.30. The molecule has 81 heavy (non-hydrogen) atoms. The molecule has 0 N–H and O–H groups in total. The normalized spacial score (nSPS) is 13.2. The van der Waals surface area contributed by atoms with Gasteiger partial charge in [0, 0.05) is 19.3 Å². The number of hydrogen-bond donors (Lipinski definition) is 0. The van der Waals surface area contributed by atoms with Crippen LogP contribution in [-0.2, 0) is 28.6 Å². The molecule has 0 aliphatic heterocycles. The molecular formula is C75H120O6. The van der Waals surface area contributed by atoms with E-state index in [4.69, 9.17) is 14.2 Å². The summed E-state index contributed by atoms with van der Waals surface area (Å²) in [6.07, 6.45) is 98.2. The minimum Gasteiger partial charge on any atom is -0.462 e. The van der Waals surface area contributed by atoms with Crippen molar-refractivity contribution < 1.29 is 28.6 Å². The summed E-state index contributed by atoms with van der Waals surface area (Å²) in [7, 11) is 0. The van der Waals surface area contributed by atoms with E-state index >= 15 is 0 Å². The van der Waals surface area contributed by atoms with Gasteiger partial charge >= 0.3 is 17.9 Å². The van der Waals surface area contributed by atoms with Crippen molar-refractivity contribution in [3.05, 3.63) is 158 Å². The minimum atomic E-state index is -0.816. The van der Waals surface area contributed by atoms with Crippen LogP contribution in [0.5, 0.6) is 0 Å². The third-order valence-corrected chi connectivity index (χ3v) is 13.5. The van der Waals surface area contributed by atoms with Crippen molar-refractivity contribution in [2.24, 2.45) is 0 Å². The Bertz CT molecular complexity index is 1810. The molecule has 1 atom stereocenters. The summed E-state index contributed by atoms with van der Waals surface area (Å²) < 4.78 is 16.9. The molecule has 0 saturated carbocycles. The Morgan fingerprint density at radius 3 is 0.778 bits per heavy atom. The van der Waals surface area contributed by atoms with Crippen molar-refractivity contribution in [1.82, 2.24) is 0 Å². The first-order valence-electron chi connectivity index (χ1n) is 33.0. The number of carbonyl (C=O) groups is 3. The Morgan fingerprint density at radius 2 is 0.481 bits per heavy atom. The number of unbranched alkanes of at least 4 members (excludes halogenated alkanes) is 21. The maximum atomic E-state index is 12.9. The Hall–Kier alpha value is -4.97. The molecular weight excluding hydrogens is 997 g/mol. The van der Waals surface area contributed by atoms with Gasteiger partial charge in [0.25, 0.3) is 0 Å². The summed E-state index contributed by atoms with van der Waals surface area (Å²) in [5.41, 5.74) is 0. The largest absolute Gasteiger partial charge is 0.462 e. The average Bonchev–Trinajstić information content (AvgIpc) is 3.47. The monoisotopic (exact) mass is 1120 g/mol. The van der Waals surface area contributed by atoms with Crippen molar-refractivity contribution in [3.8, 4) is 0 Å². The molecule has 0 aromatic carbocycles. The van der Waals surface area contributed by atoms with Crippen LogP contribution >= 0.6 is 0 Å². The van der Waals surface area contributed by atoms with Crippen LogP contribution in [0.2, 0.25) is 0 Å². The molecule has 0 spiro atoms. The van der Waals surface area contributed by atoms with Crippen LogP contribution in [0.25, 0.3) is 0 Å². The van der Waals surface area contributed by atoms with Gasteiger partial charge in [0.05, 0.1) is 0 Å². The van der Waals surface area contributed by atoms with Gasteiger partial charge in [0.2, 0.25) is 0 Å². The van der Waals surface area contributed by atoms with Crippen LogP contribution in [0, 0.1) is 0 Å². The molecule has 6 heteroatoms. The van der Waals surface area contributed by atoms with Gasteiger partial charge in [-0.3, -0.25) is 14.4 Å². The maximum Gasteiger partial charge on any atom is 0.306 e. The summed E-state index contributed by atoms with van der Waals surface area (Å²) in [4.78, 5) is 38.4. The maximum absolute atomic E-state index is 12.9. The molecule has 1 unspecified atom stereocenters. The van der Waals surface area contributed by atoms with Gasteiger partial charge in [-0.25, -0.2) is 0 Å². The van der Waals surface area contributed by atoms with Crippen molar-refractivity contribution in [2.45, 2.75) is 284 Å². The highest BCUT2D eigenvalue weighted by Gasteiger charge is 2.19. The Balaban J connectivity index is 4.47. The number of ether oxygens (including phenoxy) is 3. The summed E-state index contributed by atoms with van der Waals surface area (Å²) in [6.45, 7) is 6.35. The number of carbonyl (C=O) groups excluding carboxylic acids is 3. The van der Waals surface area contributed by atoms with Crippen LogP contribution in [0.3, 0.4) is 0 Å². The summed E-state index contributed by atoms with van der Waals surface area (Å²) in [5.74, 6) is -0.973.